The third-order valence-electron chi connectivity index (χ3n) is 3.39. The van der Waals surface area contributed by atoms with Crippen molar-refractivity contribution < 1.29 is 0 Å². The van der Waals surface area contributed by atoms with Crippen molar-refractivity contribution in [3.8, 4) is 0 Å². The van der Waals surface area contributed by atoms with E-state index in [0.717, 1.165) is 39.9 Å². The summed E-state index contributed by atoms with van der Waals surface area (Å²) in [6.07, 6.45) is 0. The van der Waals surface area contributed by atoms with Crippen molar-refractivity contribution in [2.45, 2.75) is 0 Å². The van der Waals surface area contributed by atoms with Crippen LogP contribution in [0.3, 0.4) is 0 Å². The maximum absolute atomic E-state index is 6.12. The molecule has 4 nitrogen and oxygen atoms in total. The summed E-state index contributed by atoms with van der Waals surface area (Å²) in [7, 11) is 0. The molecule has 0 saturated carbocycles. The molecule has 0 bridgehead atoms. The monoisotopic (exact) mass is 642 g/mol. The molecule has 0 fully saturated rings. The number of fused-ring (bicyclic) bond motifs is 2. The molecule has 0 spiro atoms. The molecule has 0 saturated heterocycles. The molecule has 0 aliphatic rings. The molecule has 26 heavy (non-hydrogen) atoms. The number of halogens is 4. The van der Waals surface area contributed by atoms with Gasteiger partial charge in [-0.3, -0.25) is 0 Å². The van der Waals surface area contributed by atoms with E-state index in [2.05, 4.69) is 51.8 Å². The van der Waals surface area contributed by atoms with E-state index in [-0.39, 0.29) is 36.8 Å². The van der Waals surface area contributed by atoms with Gasteiger partial charge in [-0.2, -0.15) is 0 Å². The SMILES string of the molecule is Clc1nc([Se][Se]c2nc(Cl)nc3ccc(Br)cc23)c2cc(Br)ccc2n1. The van der Waals surface area contributed by atoms with Crippen LogP contribution in [0, 0.1) is 0 Å². The van der Waals surface area contributed by atoms with E-state index in [9.17, 15) is 0 Å². The van der Waals surface area contributed by atoms with Crippen molar-refractivity contribution in [2.75, 3.05) is 0 Å². The van der Waals surface area contributed by atoms with Crippen LogP contribution in [0.1, 0.15) is 0 Å². The second kappa shape index (κ2) is 7.98. The van der Waals surface area contributed by atoms with E-state index < -0.39 is 0 Å². The number of nitrogens with zero attached hydrogens (tertiary/aromatic N) is 4. The summed E-state index contributed by atoms with van der Waals surface area (Å²) in [5.74, 6) is 0. The van der Waals surface area contributed by atoms with Crippen LogP contribution < -0.4 is 9.18 Å². The molecule has 10 heteroatoms. The van der Waals surface area contributed by atoms with Gasteiger partial charge in [0.15, 0.2) is 0 Å². The van der Waals surface area contributed by atoms with E-state index in [1.54, 1.807) is 0 Å². The Hall–Kier alpha value is -0.301. The molecular formula is C16H6Br2Cl2N4Se2. The Morgan fingerprint density at radius 3 is 1.50 bits per heavy atom. The van der Waals surface area contributed by atoms with Gasteiger partial charge in [0.1, 0.15) is 0 Å². The first kappa shape index (κ1) is 19.0. The summed E-state index contributed by atoms with van der Waals surface area (Å²) in [5.41, 5.74) is 1.68. The van der Waals surface area contributed by atoms with Crippen molar-refractivity contribution in [3.05, 3.63) is 55.9 Å². The third-order valence-corrected chi connectivity index (χ3v) is 11.2. The number of benzene rings is 2. The van der Waals surface area contributed by atoms with Crippen LogP contribution in [0.15, 0.2) is 45.3 Å². The molecular weight excluding hydrogens is 637 g/mol. The van der Waals surface area contributed by atoms with E-state index in [4.69, 9.17) is 23.2 Å². The zero-order chi connectivity index (χ0) is 18.3. The summed E-state index contributed by atoms with van der Waals surface area (Å²) in [4.78, 5) is 17.5. The van der Waals surface area contributed by atoms with Crippen molar-refractivity contribution in [1.29, 1.82) is 0 Å². The minimum absolute atomic E-state index is 0.0611. The number of aromatic nitrogens is 4. The van der Waals surface area contributed by atoms with E-state index in [0.29, 0.717) is 0 Å². The first-order valence-corrected chi connectivity index (χ1v) is 15.5. The predicted molar refractivity (Wildman–Crippen MR) is 115 cm³/mol. The topological polar surface area (TPSA) is 51.6 Å². The van der Waals surface area contributed by atoms with Gasteiger partial charge < -0.3 is 0 Å². The molecule has 130 valence electrons. The van der Waals surface area contributed by atoms with Gasteiger partial charge in [0.05, 0.1) is 0 Å². The van der Waals surface area contributed by atoms with Crippen molar-refractivity contribution in [3.63, 3.8) is 0 Å². The fourth-order valence-electron chi connectivity index (χ4n) is 2.30. The van der Waals surface area contributed by atoms with Gasteiger partial charge in [-0.1, -0.05) is 0 Å². The Morgan fingerprint density at radius 2 is 1.08 bits per heavy atom. The third kappa shape index (κ3) is 4.08. The molecule has 0 aliphatic heterocycles. The summed E-state index contributed by atoms with van der Waals surface area (Å²) >= 11 is 19.4. The molecule has 2 heterocycles. The number of rotatable bonds is 3. The molecule has 4 aromatic rings. The van der Waals surface area contributed by atoms with Gasteiger partial charge in [-0.05, 0) is 0 Å². The normalized spacial score (nSPS) is 11.4. The van der Waals surface area contributed by atoms with E-state index >= 15 is 0 Å². The van der Waals surface area contributed by atoms with Crippen LogP contribution in [-0.2, 0) is 0 Å². The molecule has 0 amide bonds. The van der Waals surface area contributed by atoms with Crippen molar-refractivity contribution in [1.82, 2.24) is 19.9 Å². The van der Waals surface area contributed by atoms with Gasteiger partial charge in [0.25, 0.3) is 0 Å². The Balaban J connectivity index is 1.76. The predicted octanol–water partition coefficient (Wildman–Crippen LogP) is 3.68. The number of hydrogen-bond acceptors (Lipinski definition) is 4. The van der Waals surface area contributed by atoms with Crippen LogP contribution in [0.4, 0.5) is 0 Å². The maximum atomic E-state index is 6.12. The molecule has 0 atom stereocenters. The molecule has 0 aliphatic carbocycles. The average Bonchev–Trinajstić information content (AvgIpc) is 2.60. The fraction of sp³-hybridized carbons (Fsp3) is 0. The average molecular weight is 643 g/mol. The molecule has 4 rings (SSSR count). The minimum atomic E-state index is 0.0611. The van der Waals surface area contributed by atoms with Gasteiger partial charge in [0, 0.05) is 0 Å². The van der Waals surface area contributed by atoms with Crippen LogP contribution in [0.2, 0.25) is 10.6 Å². The van der Waals surface area contributed by atoms with Crippen molar-refractivity contribution >= 4 is 112 Å². The van der Waals surface area contributed by atoms with Gasteiger partial charge in [-0.15, -0.1) is 0 Å². The van der Waals surface area contributed by atoms with Crippen LogP contribution >= 0.6 is 55.1 Å². The molecule has 0 radical (unpaired) electrons. The number of hydrogen-bond donors (Lipinski definition) is 0. The Kier molecular flexibility index (Phi) is 5.84. The second-order valence-corrected chi connectivity index (χ2v) is 13.5. The zero-order valence-corrected chi connectivity index (χ0v) is 20.7. The fourth-order valence-corrected chi connectivity index (χ4v) is 10.0. The zero-order valence-electron chi connectivity index (χ0n) is 12.6. The molecule has 0 unspecified atom stereocenters. The quantitative estimate of drug-likeness (QED) is 0.253. The van der Waals surface area contributed by atoms with Crippen LogP contribution in [0.25, 0.3) is 21.8 Å². The Labute approximate surface area is 186 Å². The van der Waals surface area contributed by atoms with E-state index in [1.807, 2.05) is 36.4 Å². The van der Waals surface area contributed by atoms with Gasteiger partial charge in [-0.25, -0.2) is 0 Å². The summed E-state index contributed by atoms with van der Waals surface area (Å²) in [5, 5.41) is 2.55. The summed E-state index contributed by atoms with van der Waals surface area (Å²) < 4.78 is 3.90. The van der Waals surface area contributed by atoms with Gasteiger partial charge >= 0.3 is 188 Å². The molecule has 2 aromatic carbocycles. The summed E-state index contributed by atoms with van der Waals surface area (Å²) in [6.45, 7) is 0. The molecule has 2 aromatic heterocycles. The first-order valence-electron chi connectivity index (χ1n) is 7.10. The van der Waals surface area contributed by atoms with E-state index in [1.165, 1.54) is 0 Å². The van der Waals surface area contributed by atoms with Gasteiger partial charge in [0.2, 0.25) is 0 Å². The first-order chi connectivity index (χ1) is 12.5. The molecule has 0 N–H and O–H groups in total. The van der Waals surface area contributed by atoms with Crippen molar-refractivity contribution in [2.24, 2.45) is 0 Å². The standard InChI is InChI=1S/C16H6Br2Cl2N4Se2/c17-7-1-3-11-9(5-7)13(23-15(19)21-11)25-26-14-10-6-8(18)2-4-12(10)22-16(20)24-14/h1-6H. The Bertz CT molecular complexity index is 1070. The Morgan fingerprint density at radius 1 is 0.654 bits per heavy atom. The summed E-state index contributed by atoms with van der Waals surface area (Å²) in [6, 6.07) is 11.8. The van der Waals surface area contributed by atoms with Crippen LogP contribution in [0.5, 0.6) is 0 Å². The second-order valence-electron chi connectivity index (χ2n) is 5.09. The van der Waals surface area contributed by atoms with Crippen LogP contribution in [-0.4, -0.2) is 46.2 Å².